The Balaban J connectivity index is 0.000000251. The van der Waals surface area contributed by atoms with Gasteiger partial charge >= 0.3 is 0 Å². The molecule has 2 atom stereocenters. The maximum Gasteiger partial charge on any atom is 0.294 e. The first kappa shape index (κ1) is 29.1. The van der Waals surface area contributed by atoms with E-state index in [1.807, 2.05) is 0 Å². The number of aliphatic hydroxyl groups is 1. The predicted octanol–water partition coefficient (Wildman–Crippen LogP) is 1.72. The van der Waals surface area contributed by atoms with Crippen molar-refractivity contribution in [3.63, 3.8) is 0 Å². The zero-order chi connectivity index (χ0) is 25.1. The predicted molar refractivity (Wildman–Crippen MR) is 118 cm³/mol. The van der Waals surface area contributed by atoms with Crippen molar-refractivity contribution in [1.29, 1.82) is 0 Å². The fraction of sp³-hybridized carbons (Fsp3) is 0.368. The van der Waals surface area contributed by atoms with Gasteiger partial charge in [0.25, 0.3) is 30.4 Å². The minimum Gasteiger partial charge on any atom is -0.368 e. The monoisotopic (exact) mass is 526 g/mol. The molecule has 1 saturated heterocycles. The van der Waals surface area contributed by atoms with Gasteiger partial charge in [0.15, 0.2) is 6.29 Å². The highest BCUT2D eigenvalue weighted by Gasteiger charge is 2.24. The summed E-state index contributed by atoms with van der Waals surface area (Å²) >= 11 is 0. The normalized spacial score (nSPS) is 18.4. The fourth-order valence-corrected chi connectivity index (χ4v) is 3.79. The Morgan fingerprint density at radius 1 is 0.818 bits per heavy atom. The van der Waals surface area contributed by atoms with Crippen molar-refractivity contribution in [2.24, 2.45) is 0 Å². The van der Waals surface area contributed by atoms with Crippen molar-refractivity contribution in [3.05, 3.63) is 60.7 Å². The van der Waals surface area contributed by atoms with E-state index in [0.29, 0.717) is 12.8 Å². The molecular weight excluding hydrogens is 500 g/mol. The van der Waals surface area contributed by atoms with Crippen LogP contribution in [0.5, 0.6) is 0 Å². The molecule has 1 heterocycles. The molecule has 1 aliphatic rings. The third-order valence-electron chi connectivity index (χ3n) is 3.95. The number of rotatable bonds is 6. The first-order valence-electron chi connectivity index (χ1n) is 9.50. The Morgan fingerprint density at radius 3 is 1.52 bits per heavy atom. The highest BCUT2D eigenvalue weighted by Crippen LogP contribution is 2.18. The van der Waals surface area contributed by atoms with Crippen molar-refractivity contribution in [3.8, 4) is 0 Å². The van der Waals surface area contributed by atoms with Gasteiger partial charge in [0.1, 0.15) is 0 Å². The van der Waals surface area contributed by atoms with E-state index < -0.39 is 36.6 Å². The quantitative estimate of drug-likeness (QED) is 0.368. The summed E-state index contributed by atoms with van der Waals surface area (Å²) in [6.45, 7) is 1.52. The second-order valence-corrected chi connectivity index (χ2v) is 11.3. The summed E-state index contributed by atoms with van der Waals surface area (Å²) in [4.78, 5) is -0.148. The molecule has 0 spiro atoms. The van der Waals surface area contributed by atoms with Gasteiger partial charge in [-0.1, -0.05) is 36.4 Å². The largest absolute Gasteiger partial charge is 0.368 e. The van der Waals surface area contributed by atoms with Crippen molar-refractivity contribution in [2.45, 2.75) is 42.0 Å². The average Bonchev–Trinajstić information content (AvgIpc) is 3.19. The molecule has 3 N–H and O–H groups in total. The molecule has 14 heteroatoms. The summed E-state index contributed by atoms with van der Waals surface area (Å²) in [7, 11) is -11.4. The number of benzene rings is 2. The average molecular weight is 527 g/mol. The van der Waals surface area contributed by atoms with Crippen molar-refractivity contribution in [1.82, 2.24) is 0 Å². The first-order chi connectivity index (χ1) is 15.2. The van der Waals surface area contributed by atoms with Gasteiger partial charge in [-0.05, 0) is 37.6 Å². The highest BCUT2D eigenvalue weighted by molar-refractivity contribution is 7.86. The zero-order valence-electron chi connectivity index (χ0n) is 17.6. The van der Waals surface area contributed by atoms with Crippen LogP contribution in [0.3, 0.4) is 0 Å². The van der Waals surface area contributed by atoms with Gasteiger partial charge < -0.3 is 9.84 Å². The van der Waals surface area contributed by atoms with Gasteiger partial charge in [-0.15, -0.1) is 0 Å². The fourth-order valence-electron chi connectivity index (χ4n) is 2.26. The molecule has 2 aromatic rings. The number of ether oxygens (including phenoxy) is 1. The SMILES string of the molecule is CCS(=O)(=O)OC[C@H]1CCC(O)O1.O=S(=O)(O)c1ccccc1.O=S(=O)(O)c1ccccc1. The summed E-state index contributed by atoms with van der Waals surface area (Å²) in [5.41, 5.74) is 0. The molecule has 0 bridgehead atoms. The molecular formula is C19H26O11S3. The topological polar surface area (TPSA) is 182 Å². The number of hydrogen-bond acceptors (Lipinski definition) is 9. The maximum absolute atomic E-state index is 10.9. The third kappa shape index (κ3) is 12.2. The van der Waals surface area contributed by atoms with E-state index in [9.17, 15) is 25.3 Å². The highest BCUT2D eigenvalue weighted by atomic mass is 32.2. The van der Waals surface area contributed by atoms with Gasteiger partial charge in [0, 0.05) is 6.42 Å². The minimum absolute atomic E-state index is 0.00718. The lowest BCUT2D eigenvalue weighted by molar-refractivity contribution is -0.0981. The molecule has 3 rings (SSSR count). The zero-order valence-corrected chi connectivity index (χ0v) is 20.0. The number of aliphatic hydroxyl groups excluding tert-OH is 1. The number of hydrogen-bond donors (Lipinski definition) is 3. The molecule has 2 aromatic carbocycles. The van der Waals surface area contributed by atoms with Crippen LogP contribution in [0, 0.1) is 0 Å². The van der Waals surface area contributed by atoms with Crippen LogP contribution in [-0.4, -0.2) is 64.2 Å². The molecule has 186 valence electrons. The van der Waals surface area contributed by atoms with Crippen LogP contribution in [-0.2, 0) is 39.3 Å². The van der Waals surface area contributed by atoms with Crippen LogP contribution in [0.15, 0.2) is 70.5 Å². The lowest BCUT2D eigenvalue weighted by Crippen LogP contribution is -2.20. The molecule has 1 fully saturated rings. The molecule has 0 aliphatic carbocycles. The van der Waals surface area contributed by atoms with E-state index in [0.717, 1.165) is 0 Å². The molecule has 0 radical (unpaired) electrons. The van der Waals surface area contributed by atoms with Gasteiger partial charge in [-0.25, -0.2) is 0 Å². The van der Waals surface area contributed by atoms with Gasteiger partial charge in [-0.3, -0.25) is 13.3 Å². The maximum atomic E-state index is 10.9. The van der Waals surface area contributed by atoms with E-state index in [-0.39, 0.29) is 28.3 Å². The van der Waals surface area contributed by atoms with Crippen molar-refractivity contribution in [2.75, 3.05) is 12.4 Å². The van der Waals surface area contributed by atoms with Gasteiger partial charge in [0.2, 0.25) is 0 Å². The molecule has 1 aliphatic heterocycles. The Bertz CT molecular complexity index is 1080. The second kappa shape index (κ2) is 13.1. The standard InChI is InChI=1S/C7H14O5S.2C6H6O3S/c1-2-13(9,10)11-5-6-3-4-7(8)12-6;2*7-10(8,9)6-4-2-1-3-5-6/h6-8H,2-5H2,1H3;2*1-5H,(H,7,8,9)/t6-,7?;;/m1../s1. The van der Waals surface area contributed by atoms with E-state index in [4.69, 9.17) is 18.9 Å². The second-order valence-electron chi connectivity index (χ2n) is 6.50. The molecule has 0 saturated carbocycles. The van der Waals surface area contributed by atoms with Gasteiger partial charge in [-0.2, -0.15) is 25.3 Å². The van der Waals surface area contributed by atoms with E-state index >= 15 is 0 Å². The summed E-state index contributed by atoms with van der Waals surface area (Å²) in [6, 6.07) is 14.8. The lowest BCUT2D eigenvalue weighted by Gasteiger charge is -2.09. The smallest absolute Gasteiger partial charge is 0.294 e. The Morgan fingerprint density at radius 2 is 1.24 bits per heavy atom. The van der Waals surface area contributed by atoms with Crippen molar-refractivity contribution < 1.29 is 48.4 Å². The van der Waals surface area contributed by atoms with Gasteiger partial charge in [0.05, 0.1) is 28.3 Å². The molecule has 33 heavy (non-hydrogen) atoms. The summed E-state index contributed by atoms with van der Waals surface area (Å²) in [5.74, 6) is -0.0394. The molecule has 11 nitrogen and oxygen atoms in total. The summed E-state index contributed by atoms with van der Waals surface area (Å²) in [5, 5.41) is 8.96. The Labute approximate surface area is 193 Å². The van der Waals surface area contributed by atoms with Crippen molar-refractivity contribution >= 4 is 30.4 Å². The molecule has 1 unspecified atom stereocenters. The Kier molecular flexibility index (Phi) is 11.6. The Hall–Kier alpha value is -1.91. The molecule has 0 amide bonds. The first-order valence-corrected chi connectivity index (χ1v) is 14.0. The van der Waals surface area contributed by atoms with E-state index in [2.05, 4.69) is 4.18 Å². The molecule has 0 aromatic heterocycles. The van der Waals surface area contributed by atoms with Crippen LogP contribution in [0.2, 0.25) is 0 Å². The van der Waals surface area contributed by atoms with E-state index in [1.165, 1.54) is 31.2 Å². The summed E-state index contributed by atoms with van der Waals surface area (Å²) < 4.78 is 89.9. The van der Waals surface area contributed by atoms with Crippen LogP contribution >= 0.6 is 0 Å². The summed E-state index contributed by atoms with van der Waals surface area (Å²) in [6.07, 6.45) is 0.120. The lowest BCUT2D eigenvalue weighted by atomic mass is 10.2. The van der Waals surface area contributed by atoms with Crippen LogP contribution in [0.1, 0.15) is 19.8 Å². The van der Waals surface area contributed by atoms with E-state index in [1.54, 1.807) is 36.4 Å². The third-order valence-corrected chi connectivity index (χ3v) is 6.89. The van der Waals surface area contributed by atoms with Crippen LogP contribution in [0.25, 0.3) is 0 Å². The van der Waals surface area contributed by atoms with Crippen LogP contribution < -0.4 is 0 Å². The minimum atomic E-state index is -4.00. The van der Waals surface area contributed by atoms with Crippen LogP contribution in [0.4, 0.5) is 0 Å².